The third kappa shape index (κ3) is 1.09. The highest BCUT2D eigenvalue weighted by molar-refractivity contribution is 5.71. The minimum atomic E-state index is -0.00639. The Bertz CT molecular complexity index is 268. The largest absolute Gasteiger partial charge is 0.504 e. The van der Waals surface area contributed by atoms with E-state index in [0.29, 0.717) is 11.4 Å². The molecule has 5 N–H and O–H groups in total. The lowest BCUT2D eigenvalue weighted by atomic mass is 10.1. The van der Waals surface area contributed by atoms with E-state index in [1.54, 1.807) is 6.07 Å². The maximum Gasteiger partial charge on any atom is 0.161 e. The molecular weight excluding hydrogens is 140 g/mol. The topological polar surface area (TPSA) is 72.3 Å². The summed E-state index contributed by atoms with van der Waals surface area (Å²) in [6.45, 7) is 3.76. The Morgan fingerprint density at radius 3 is 2.36 bits per heavy atom. The maximum atomic E-state index is 9.26. The van der Waals surface area contributed by atoms with Gasteiger partial charge in [0.15, 0.2) is 5.75 Å². The Kier molecular flexibility index (Phi) is 1.64. The zero-order valence-electron chi connectivity index (χ0n) is 6.68. The van der Waals surface area contributed by atoms with E-state index in [2.05, 4.69) is 0 Å². The molecule has 1 aromatic carbocycles. The SMILES string of the molecule is Cc1cc(N)c(O)c(N)c1C. The molecule has 1 rings (SSSR count). The third-order valence-corrected chi connectivity index (χ3v) is 1.90. The second-order valence-corrected chi connectivity index (χ2v) is 2.67. The molecule has 0 fully saturated rings. The quantitative estimate of drug-likeness (QED) is 0.386. The second-order valence-electron chi connectivity index (χ2n) is 2.67. The molecule has 0 aromatic heterocycles. The van der Waals surface area contributed by atoms with Gasteiger partial charge in [-0.15, -0.1) is 0 Å². The number of phenolic OH excluding ortho intramolecular Hbond substituents is 1. The van der Waals surface area contributed by atoms with Crippen molar-refractivity contribution in [3.05, 3.63) is 17.2 Å². The Morgan fingerprint density at radius 2 is 1.82 bits per heavy atom. The van der Waals surface area contributed by atoms with Gasteiger partial charge in [0.2, 0.25) is 0 Å². The lowest BCUT2D eigenvalue weighted by Gasteiger charge is -2.08. The third-order valence-electron chi connectivity index (χ3n) is 1.90. The Labute approximate surface area is 65.6 Å². The van der Waals surface area contributed by atoms with E-state index in [4.69, 9.17) is 11.5 Å². The molecule has 0 aliphatic heterocycles. The second kappa shape index (κ2) is 2.34. The molecule has 0 saturated heterocycles. The highest BCUT2D eigenvalue weighted by Gasteiger charge is 2.06. The molecule has 0 aliphatic carbocycles. The Balaban J connectivity index is 3.46. The van der Waals surface area contributed by atoms with Crippen molar-refractivity contribution in [3.63, 3.8) is 0 Å². The molecule has 3 heteroatoms. The summed E-state index contributed by atoms with van der Waals surface area (Å²) in [5, 5.41) is 9.26. The smallest absolute Gasteiger partial charge is 0.161 e. The van der Waals surface area contributed by atoms with Gasteiger partial charge in [0.1, 0.15) is 0 Å². The molecule has 0 bridgehead atoms. The van der Waals surface area contributed by atoms with E-state index in [1.807, 2.05) is 13.8 Å². The van der Waals surface area contributed by atoms with E-state index < -0.39 is 0 Å². The Hall–Kier alpha value is -1.38. The van der Waals surface area contributed by atoms with E-state index in [9.17, 15) is 5.11 Å². The first kappa shape index (κ1) is 7.72. The van der Waals surface area contributed by atoms with Crippen molar-refractivity contribution in [1.82, 2.24) is 0 Å². The van der Waals surface area contributed by atoms with Crippen LogP contribution in [0.1, 0.15) is 11.1 Å². The maximum absolute atomic E-state index is 9.26. The van der Waals surface area contributed by atoms with Crippen LogP contribution in [0.3, 0.4) is 0 Å². The van der Waals surface area contributed by atoms with Gasteiger partial charge < -0.3 is 16.6 Å². The molecule has 0 amide bonds. The minimum Gasteiger partial charge on any atom is -0.504 e. The van der Waals surface area contributed by atoms with Gasteiger partial charge in [0.25, 0.3) is 0 Å². The van der Waals surface area contributed by atoms with Crippen LogP contribution in [0.4, 0.5) is 11.4 Å². The van der Waals surface area contributed by atoms with Crippen molar-refractivity contribution in [2.24, 2.45) is 0 Å². The summed E-state index contributed by atoms with van der Waals surface area (Å²) in [6.07, 6.45) is 0. The first-order valence-corrected chi connectivity index (χ1v) is 3.38. The average Bonchev–Trinajstić information content (AvgIpc) is 1.97. The zero-order chi connectivity index (χ0) is 8.59. The molecule has 0 spiro atoms. The van der Waals surface area contributed by atoms with Gasteiger partial charge in [0.05, 0.1) is 11.4 Å². The van der Waals surface area contributed by atoms with Gasteiger partial charge >= 0.3 is 0 Å². The van der Waals surface area contributed by atoms with Gasteiger partial charge in [-0.3, -0.25) is 0 Å². The summed E-state index contributed by atoms with van der Waals surface area (Å²) < 4.78 is 0. The lowest BCUT2D eigenvalue weighted by molar-refractivity contribution is 0.480. The van der Waals surface area contributed by atoms with Crippen molar-refractivity contribution in [3.8, 4) is 5.75 Å². The molecule has 0 aliphatic rings. The predicted molar refractivity (Wildman–Crippen MR) is 46.4 cm³/mol. The monoisotopic (exact) mass is 152 g/mol. The minimum absolute atomic E-state index is 0.00639. The van der Waals surface area contributed by atoms with Crippen molar-refractivity contribution >= 4 is 11.4 Å². The van der Waals surface area contributed by atoms with Crippen LogP contribution in [-0.4, -0.2) is 5.11 Å². The Morgan fingerprint density at radius 1 is 1.27 bits per heavy atom. The fraction of sp³-hybridized carbons (Fsp3) is 0.250. The number of aromatic hydroxyl groups is 1. The number of phenols is 1. The molecule has 0 radical (unpaired) electrons. The molecule has 0 saturated carbocycles. The van der Waals surface area contributed by atoms with Crippen molar-refractivity contribution in [1.29, 1.82) is 0 Å². The molecule has 0 heterocycles. The molecule has 0 unspecified atom stereocenters. The van der Waals surface area contributed by atoms with Gasteiger partial charge in [0, 0.05) is 0 Å². The number of nitrogen functional groups attached to an aromatic ring is 2. The molecular formula is C8H12N2O. The molecule has 1 aromatic rings. The predicted octanol–water partition coefficient (Wildman–Crippen LogP) is 1.17. The average molecular weight is 152 g/mol. The van der Waals surface area contributed by atoms with Crippen LogP contribution in [0.25, 0.3) is 0 Å². The number of hydrogen-bond acceptors (Lipinski definition) is 3. The fourth-order valence-corrected chi connectivity index (χ4v) is 0.955. The van der Waals surface area contributed by atoms with Gasteiger partial charge in [-0.1, -0.05) is 0 Å². The van der Waals surface area contributed by atoms with Crippen LogP contribution in [0.5, 0.6) is 5.75 Å². The number of anilines is 2. The highest BCUT2D eigenvalue weighted by atomic mass is 16.3. The number of benzene rings is 1. The molecule has 60 valence electrons. The standard InChI is InChI=1S/C8H12N2O/c1-4-3-6(9)8(11)7(10)5(4)2/h3,11H,9-10H2,1-2H3. The molecule has 0 atom stereocenters. The summed E-state index contributed by atoms with van der Waals surface area (Å²) >= 11 is 0. The normalized spacial score (nSPS) is 10.0. The van der Waals surface area contributed by atoms with Crippen molar-refractivity contribution in [2.75, 3.05) is 11.5 Å². The van der Waals surface area contributed by atoms with Crippen LogP contribution in [0, 0.1) is 13.8 Å². The summed E-state index contributed by atoms with van der Waals surface area (Å²) in [6, 6.07) is 1.71. The van der Waals surface area contributed by atoms with Crippen LogP contribution >= 0.6 is 0 Å². The van der Waals surface area contributed by atoms with E-state index in [-0.39, 0.29) is 5.75 Å². The summed E-state index contributed by atoms with van der Waals surface area (Å²) in [5.74, 6) is -0.00639. The summed E-state index contributed by atoms with van der Waals surface area (Å²) in [5.41, 5.74) is 13.6. The fourth-order valence-electron chi connectivity index (χ4n) is 0.955. The van der Waals surface area contributed by atoms with Crippen molar-refractivity contribution in [2.45, 2.75) is 13.8 Å². The number of nitrogens with two attached hydrogens (primary N) is 2. The van der Waals surface area contributed by atoms with E-state index >= 15 is 0 Å². The number of aryl methyl sites for hydroxylation is 1. The number of rotatable bonds is 0. The van der Waals surface area contributed by atoms with Gasteiger partial charge in [-0.25, -0.2) is 0 Å². The zero-order valence-corrected chi connectivity index (χ0v) is 6.68. The van der Waals surface area contributed by atoms with Crippen molar-refractivity contribution < 1.29 is 5.11 Å². The molecule has 11 heavy (non-hydrogen) atoms. The number of hydrogen-bond donors (Lipinski definition) is 3. The van der Waals surface area contributed by atoms with Gasteiger partial charge in [-0.05, 0) is 31.0 Å². The first-order chi connectivity index (χ1) is 5.04. The molecule has 3 nitrogen and oxygen atoms in total. The van der Waals surface area contributed by atoms with Crippen LogP contribution in [0.2, 0.25) is 0 Å². The van der Waals surface area contributed by atoms with Crippen LogP contribution in [-0.2, 0) is 0 Å². The van der Waals surface area contributed by atoms with Crippen LogP contribution in [0.15, 0.2) is 6.07 Å². The summed E-state index contributed by atoms with van der Waals surface area (Å²) in [4.78, 5) is 0. The first-order valence-electron chi connectivity index (χ1n) is 3.38. The summed E-state index contributed by atoms with van der Waals surface area (Å²) in [7, 11) is 0. The van der Waals surface area contributed by atoms with Gasteiger partial charge in [-0.2, -0.15) is 0 Å². The lowest BCUT2D eigenvalue weighted by Crippen LogP contribution is -1.97. The highest BCUT2D eigenvalue weighted by Crippen LogP contribution is 2.32. The van der Waals surface area contributed by atoms with Crippen LogP contribution < -0.4 is 11.5 Å². The van der Waals surface area contributed by atoms with E-state index in [1.165, 1.54) is 0 Å². The van der Waals surface area contributed by atoms with E-state index in [0.717, 1.165) is 11.1 Å².